The first-order valence-electron chi connectivity index (χ1n) is 7.36. The maximum absolute atomic E-state index is 13.2. The molecule has 0 fully saturated rings. The van der Waals surface area contributed by atoms with Crippen LogP contribution in [0.5, 0.6) is 0 Å². The van der Waals surface area contributed by atoms with E-state index in [9.17, 15) is 18.4 Å². The van der Waals surface area contributed by atoms with Gasteiger partial charge in [-0.25, -0.2) is 8.78 Å². The molecule has 0 aliphatic heterocycles. The predicted molar refractivity (Wildman–Crippen MR) is 85.7 cm³/mol. The van der Waals surface area contributed by atoms with Gasteiger partial charge in [0.05, 0.1) is 11.1 Å². The number of carbonyl (C=O) groups excluding carboxylic acids is 2. The zero-order valence-corrected chi connectivity index (χ0v) is 13.3. The number of benzene rings is 1. The number of amides is 2. The predicted octanol–water partition coefficient (Wildman–Crippen LogP) is 3.00. The fourth-order valence-corrected chi connectivity index (χ4v) is 1.86. The first-order valence-corrected chi connectivity index (χ1v) is 7.36. The SMILES string of the molecule is CC(C)CNC(=O)c1cncc(C(=O)Nc2ccc(F)c(F)c2)c1. The van der Waals surface area contributed by atoms with E-state index in [-0.39, 0.29) is 22.7 Å². The second-order valence-corrected chi connectivity index (χ2v) is 5.65. The molecule has 1 heterocycles. The molecule has 24 heavy (non-hydrogen) atoms. The molecule has 2 aromatic rings. The Labute approximate surface area is 138 Å². The highest BCUT2D eigenvalue weighted by Gasteiger charge is 2.12. The van der Waals surface area contributed by atoms with Gasteiger partial charge in [0.1, 0.15) is 0 Å². The molecule has 0 aliphatic carbocycles. The standard InChI is InChI=1S/C17H17F2N3O2/c1-10(2)7-21-16(23)11-5-12(9-20-8-11)17(24)22-13-3-4-14(18)15(19)6-13/h3-6,8-10H,7H2,1-2H3,(H,21,23)(H,22,24). The van der Waals surface area contributed by atoms with Crippen LogP contribution in [-0.4, -0.2) is 23.3 Å². The van der Waals surface area contributed by atoms with Crippen LogP contribution in [0, 0.1) is 17.6 Å². The Kier molecular flexibility index (Phi) is 5.57. The van der Waals surface area contributed by atoms with Gasteiger partial charge in [0, 0.05) is 30.7 Å². The summed E-state index contributed by atoms with van der Waals surface area (Å²) in [5.41, 5.74) is 0.485. The van der Waals surface area contributed by atoms with E-state index in [1.807, 2.05) is 13.8 Å². The van der Waals surface area contributed by atoms with Crippen LogP contribution in [0.4, 0.5) is 14.5 Å². The van der Waals surface area contributed by atoms with Crippen molar-refractivity contribution in [2.45, 2.75) is 13.8 Å². The van der Waals surface area contributed by atoms with E-state index in [4.69, 9.17) is 0 Å². The van der Waals surface area contributed by atoms with E-state index in [0.29, 0.717) is 12.5 Å². The van der Waals surface area contributed by atoms with Crippen LogP contribution in [0.15, 0.2) is 36.7 Å². The Hall–Kier alpha value is -2.83. The van der Waals surface area contributed by atoms with Crippen LogP contribution in [0.25, 0.3) is 0 Å². The van der Waals surface area contributed by atoms with Crippen molar-refractivity contribution in [3.05, 3.63) is 59.4 Å². The molecular formula is C17H17F2N3O2. The van der Waals surface area contributed by atoms with E-state index in [0.717, 1.165) is 12.1 Å². The van der Waals surface area contributed by atoms with Gasteiger partial charge in [0.15, 0.2) is 11.6 Å². The average molecular weight is 333 g/mol. The molecule has 2 N–H and O–H groups in total. The minimum absolute atomic E-state index is 0.105. The number of nitrogens with one attached hydrogen (secondary N) is 2. The normalized spacial score (nSPS) is 10.5. The Morgan fingerprint density at radius 2 is 1.71 bits per heavy atom. The molecule has 0 radical (unpaired) electrons. The quantitative estimate of drug-likeness (QED) is 0.883. The number of pyridine rings is 1. The smallest absolute Gasteiger partial charge is 0.257 e. The summed E-state index contributed by atoms with van der Waals surface area (Å²) in [6, 6.07) is 4.42. The summed E-state index contributed by atoms with van der Waals surface area (Å²) in [6.07, 6.45) is 2.64. The molecule has 0 unspecified atom stereocenters. The second kappa shape index (κ2) is 7.63. The van der Waals surface area contributed by atoms with Crippen LogP contribution >= 0.6 is 0 Å². The second-order valence-electron chi connectivity index (χ2n) is 5.65. The first kappa shape index (κ1) is 17.5. The van der Waals surface area contributed by atoms with Crippen molar-refractivity contribution in [2.75, 3.05) is 11.9 Å². The van der Waals surface area contributed by atoms with Crippen molar-refractivity contribution in [1.29, 1.82) is 0 Å². The minimum Gasteiger partial charge on any atom is -0.352 e. The first-order chi connectivity index (χ1) is 11.4. The summed E-state index contributed by atoms with van der Waals surface area (Å²) in [6.45, 7) is 4.43. The van der Waals surface area contributed by atoms with E-state index in [2.05, 4.69) is 15.6 Å². The number of hydrogen-bond donors (Lipinski definition) is 2. The molecule has 2 rings (SSSR count). The van der Waals surface area contributed by atoms with E-state index in [1.165, 1.54) is 24.5 Å². The largest absolute Gasteiger partial charge is 0.352 e. The van der Waals surface area contributed by atoms with Crippen LogP contribution in [0.1, 0.15) is 34.6 Å². The summed E-state index contributed by atoms with van der Waals surface area (Å²) in [5, 5.41) is 5.15. The van der Waals surface area contributed by atoms with Gasteiger partial charge in [-0.15, -0.1) is 0 Å². The lowest BCUT2D eigenvalue weighted by Crippen LogP contribution is -2.27. The Bertz CT molecular complexity index is 763. The fourth-order valence-electron chi connectivity index (χ4n) is 1.86. The van der Waals surface area contributed by atoms with Crippen molar-refractivity contribution in [3.8, 4) is 0 Å². The zero-order valence-electron chi connectivity index (χ0n) is 13.3. The van der Waals surface area contributed by atoms with Crippen LogP contribution in [0.2, 0.25) is 0 Å². The Morgan fingerprint density at radius 3 is 2.33 bits per heavy atom. The molecule has 0 bridgehead atoms. The van der Waals surface area contributed by atoms with Gasteiger partial charge in [-0.1, -0.05) is 13.8 Å². The van der Waals surface area contributed by atoms with Gasteiger partial charge in [-0.3, -0.25) is 14.6 Å². The molecule has 7 heteroatoms. The van der Waals surface area contributed by atoms with Crippen molar-refractivity contribution >= 4 is 17.5 Å². The number of nitrogens with zero attached hydrogens (tertiary/aromatic N) is 1. The number of rotatable bonds is 5. The Morgan fingerprint density at radius 1 is 1.04 bits per heavy atom. The lowest BCUT2D eigenvalue weighted by atomic mass is 10.1. The lowest BCUT2D eigenvalue weighted by molar-refractivity contribution is 0.0948. The highest BCUT2D eigenvalue weighted by atomic mass is 19.2. The molecule has 0 spiro atoms. The monoisotopic (exact) mass is 333 g/mol. The maximum atomic E-state index is 13.2. The lowest BCUT2D eigenvalue weighted by Gasteiger charge is -2.09. The highest BCUT2D eigenvalue weighted by molar-refractivity contribution is 6.05. The number of anilines is 1. The molecule has 0 aliphatic rings. The third kappa shape index (κ3) is 4.58. The van der Waals surface area contributed by atoms with E-state index < -0.39 is 17.5 Å². The van der Waals surface area contributed by atoms with Gasteiger partial charge in [0.25, 0.3) is 11.8 Å². The zero-order chi connectivity index (χ0) is 17.7. The summed E-state index contributed by atoms with van der Waals surface area (Å²) < 4.78 is 26.0. The van der Waals surface area contributed by atoms with Crippen LogP contribution in [-0.2, 0) is 0 Å². The van der Waals surface area contributed by atoms with Gasteiger partial charge in [-0.2, -0.15) is 0 Å². The van der Waals surface area contributed by atoms with Crippen molar-refractivity contribution < 1.29 is 18.4 Å². The molecule has 0 atom stereocenters. The molecule has 0 saturated heterocycles. The van der Waals surface area contributed by atoms with Gasteiger partial charge in [0.2, 0.25) is 0 Å². The molecule has 0 saturated carbocycles. The van der Waals surface area contributed by atoms with Gasteiger partial charge in [-0.05, 0) is 24.1 Å². The minimum atomic E-state index is -1.06. The van der Waals surface area contributed by atoms with Crippen molar-refractivity contribution in [2.24, 2.45) is 5.92 Å². The molecule has 2 amide bonds. The Balaban J connectivity index is 2.11. The molecule has 1 aromatic heterocycles. The number of aromatic nitrogens is 1. The van der Waals surface area contributed by atoms with E-state index in [1.54, 1.807) is 0 Å². The van der Waals surface area contributed by atoms with E-state index >= 15 is 0 Å². The molecule has 5 nitrogen and oxygen atoms in total. The number of hydrogen-bond acceptors (Lipinski definition) is 3. The van der Waals surface area contributed by atoms with Gasteiger partial charge < -0.3 is 10.6 Å². The van der Waals surface area contributed by atoms with Crippen molar-refractivity contribution in [1.82, 2.24) is 10.3 Å². The molecular weight excluding hydrogens is 316 g/mol. The summed E-state index contributed by atoms with van der Waals surface area (Å²) in [4.78, 5) is 28.0. The number of carbonyl (C=O) groups is 2. The van der Waals surface area contributed by atoms with Crippen LogP contribution < -0.4 is 10.6 Å². The summed E-state index contributed by atoms with van der Waals surface area (Å²) in [5.74, 6) is -2.68. The molecule has 1 aromatic carbocycles. The number of halogens is 2. The third-order valence-electron chi connectivity index (χ3n) is 3.11. The van der Waals surface area contributed by atoms with Crippen LogP contribution in [0.3, 0.4) is 0 Å². The maximum Gasteiger partial charge on any atom is 0.257 e. The van der Waals surface area contributed by atoms with Gasteiger partial charge >= 0.3 is 0 Å². The highest BCUT2D eigenvalue weighted by Crippen LogP contribution is 2.14. The molecule has 126 valence electrons. The average Bonchev–Trinajstić information content (AvgIpc) is 2.56. The summed E-state index contributed by atoms with van der Waals surface area (Å²) in [7, 11) is 0. The van der Waals surface area contributed by atoms with Crippen molar-refractivity contribution in [3.63, 3.8) is 0 Å². The topological polar surface area (TPSA) is 71.1 Å². The fraction of sp³-hybridized carbons (Fsp3) is 0.235. The summed E-state index contributed by atoms with van der Waals surface area (Å²) >= 11 is 0. The third-order valence-corrected chi connectivity index (χ3v) is 3.11.